The number of rotatable bonds is 8. The van der Waals surface area contributed by atoms with Gasteiger partial charge in [-0.3, -0.25) is 9.47 Å². The molecule has 7 nitrogen and oxygen atoms in total. The van der Waals surface area contributed by atoms with Crippen molar-refractivity contribution in [1.82, 2.24) is 14.5 Å². The van der Waals surface area contributed by atoms with Crippen LogP contribution in [0.4, 0.5) is 5.82 Å². The number of aromatic nitrogens is 2. The van der Waals surface area contributed by atoms with Crippen LogP contribution < -0.4 is 11.4 Å². The first kappa shape index (κ1) is 29.9. The minimum atomic E-state index is -2.06. The summed E-state index contributed by atoms with van der Waals surface area (Å²) in [5.74, 6) is 0.189. The molecule has 0 saturated carbocycles. The van der Waals surface area contributed by atoms with Crippen molar-refractivity contribution in [3.8, 4) is 0 Å². The Morgan fingerprint density at radius 1 is 0.857 bits per heavy atom. The highest BCUT2D eigenvalue weighted by Crippen LogP contribution is 2.45. The van der Waals surface area contributed by atoms with Gasteiger partial charge in [0.25, 0.3) is 0 Å². The van der Waals surface area contributed by atoms with Crippen LogP contribution in [0.1, 0.15) is 43.7 Å². The zero-order valence-corrected chi connectivity index (χ0v) is 26.2. The lowest BCUT2D eigenvalue weighted by Gasteiger charge is -2.51. The van der Waals surface area contributed by atoms with Crippen molar-refractivity contribution in [2.75, 3.05) is 25.4 Å². The Balaban J connectivity index is 1.68. The zero-order valence-electron chi connectivity index (χ0n) is 25.2. The molecule has 0 radical (unpaired) electrons. The van der Waals surface area contributed by atoms with Gasteiger partial charge in [-0.15, -0.1) is 0 Å². The number of morpholine rings is 1. The second-order valence-corrected chi connectivity index (χ2v) is 17.3. The van der Waals surface area contributed by atoms with Gasteiger partial charge in [-0.05, 0) is 40.9 Å². The highest BCUT2D eigenvalue weighted by molar-refractivity contribution is 6.74. The predicted molar refractivity (Wildman–Crippen MR) is 171 cm³/mol. The second-order valence-electron chi connectivity index (χ2n) is 12.5. The third kappa shape index (κ3) is 5.85. The van der Waals surface area contributed by atoms with Crippen molar-refractivity contribution in [2.24, 2.45) is 0 Å². The van der Waals surface area contributed by atoms with E-state index in [4.69, 9.17) is 14.9 Å². The van der Waals surface area contributed by atoms with Gasteiger partial charge >= 0.3 is 5.69 Å². The summed E-state index contributed by atoms with van der Waals surface area (Å²) in [4.78, 5) is 19.6. The number of nitrogens with two attached hydrogens (primary N) is 1. The Labute approximate surface area is 250 Å². The summed E-state index contributed by atoms with van der Waals surface area (Å²) in [5.41, 5.74) is 8.16. The van der Waals surface area contributed by atoms with E-state index in [2.05, 4.69) is 117 Å². The molecule has 5 rings (SSSR count). The third-order valence-corrected chi connectivity index (χ3v) is 13.3. The molecule has 2 heterocycles. The number of benzene rings is 3. The van der Waals surface area contributed by atoms with E-state index in [0.717, 1.165) is 16.7 Å². The van der Waals surface area contributed by atoms with Gasteiger partial charge in [-0.1, -0.05) is 112 Å². The molecule has 2 unspecified atom stereocenters. The molecule has 2 N–H and O–H groups in total. The monoisotopic (exact) mass is 582 g/mol. The Kier molecular flexibility index (Phi) is 8.53. The lowest BCUT2D eigenvalue weighted by atomic mass is 9.75. The van der Waals surface area contributed by atoms with Crippen molar-refractivity contribution in [1.29, 1.82) is 0 Å². The molecule has 1 aliphatic rings. The second kappa shape index (κ2) is 12.0. The fourth-order valence-corrected chi connectivity index (χ4v) is 6.62. The fraction of sp³-hybridized carbons (Fsp3) is 0.353. The Hall–Kier alpha value is -3.56. The van der Waals surface area contributed by atoms with E-state index >= 15 is 0 Å². The molecule has 3 aromatic carbocycles. The maximum absolute atomic E-state index is 13.1. The van der Waals surface area contributed by atoms with Gasteiger partial charge in [-0.2, -0.15) is 4.98 Å². The van der Waals surface area contributed by atoms with Gasteiger partial charge in [-0.25, -0.2) is 4.79 Å². The maximum Gasteiger partial charge on any atom is 0.351 e. The number of hydrogen-bond acceptors (Lipinski definition) is 6. The van der Waals surface area contributed by atoms with Crippen molar-refractivity contribution < 1.29 is 9.16 Å². The van der Waals surface area contributed by atoms with Gasteiger partial charge in [0.1, 0.15) is 5.82 Å². The molecule has 1 fully saturated rings. The number of ether oxygens (including phenoxy) is 1. The van der Waals surface area contributed by atoms with Crippen molar-refractivity contribution >= 4 is 14.1 Å². The van der Waals surface area contributed by atoms with E-state index in [9.17, 15) is 4.79 Å². The normalized spacial score (nSPS) is 18.6. The molecule has 0 bridgehead atoms. The standard InChI is InChI=1S/C34H42N4O3Si/c1-33(2,3)42(4,5)40-25-29-23-37(24-31(41-29)38-22-21-30(35)36-32(38)39)34(26-15-9-6-10-16-26,27-17-11-7-12-18-27)28-19-13-8-14-20-28/h6-22,29,31H,23-25H2,1-5H3,(H2,35,36,39). The molecule has 1 saturated heterocycles. The van der Waals surface area contributed by atoms with E-state index in [-0.39, 0.29) is 17.0 Å². The first-order valence-electron chi connectivity index (χ1n) is 14.6. The highest BCUT2D eigenvalue weighted by atomic mass is 28.4. The summed E-state index contributed by atoms with van der Waals surface area (Å²) in [5, 5.41) is 0.0560. The van der Waals surface area contributed by atoms with E-state index in [0.29, 0.717) is 19.7 Å². The SMILES string of the molecule is CC(C)(C)[Si](C)(C)OCC1CN(C(c2ccccc2)(c2ccccc2)c2ccccc2)CC(n2ccc(N)nc2=O)O1. The van der Waals surface area contributed by atoms with Gasteiger partial charge in [0.15, 0.2) is 14.5 Å². The number of hydrogen-bond donors (Lipinski definition) is 1. The molecule has 42 heavy (non-hydrogen) atoms. The fourth-order valence-electron chi connectivity index (χ4n) is 5.59. The largest absolute Gasteiger partial charge is 0.414 e. The van der Waals surface area contributed by atoms with Crippen LogP contribution in [0, 0.1) is 0 Å². The maximum atomic E-state index is 13.1. The lowest BCUT2D eigenvalue weighted by Crippen LogP contribution is -2.58. The summed E-state index contributed by atoms with van der Waals surface area (Å²) in [7, 11) is -2.06. The number of anilines is 1. The summed E-state index contributed by atoms with van der Waals surface area (Å²) >= 11 is 0. The Bertz CT molecular complexity index is 1420. The Morgan fingerprint density at radius 2 is 1.36 bits per heavy atom. The molecule has 8 heteroatoms. The molecule has 0 amide bonds. The van der Waals surface area contributed by atoms with Crippen LogP contribution in [-0.4, -0.2) is 48.6 Å². The Morgan fingerprint density at radius 3 is 1.81 bits per heavy atom. The molecule has 4 aromatic rings. The predicted octanol–water partition coefficient (Wildman–Crippen LogP) is 6.04. The summed E-state index contributed by atoms with van der Waals surface area (Å²) in [6.45, 7) is 12.7. The third-order valence-electron chi connectivity index (χ3n) is 8.80. The average Bonchev–Trinajstić information content (AvgIpc) is 2.98. The van der Waals surface area contributed by atoms with Gasteiger partial charge in [0.2, 0.25) is 0 Å². The van der Waals surface area contributed by atoms with Gasteiger partial charge < -0.3 is 14.9 Å². The quantitative estimate of drug-likeness (QED) is 0.202. The van der Waals surface area contributed by atoms with Crippen LogP contribution >= 0.6 is 0 Å². The van der Waals surface area contributed by atoms with E-state index in [1.807, 2.05) is 18.2 Å². The zero-order chi connectivity index (χ0) is 30.0. The highest BCUT2D eigenvalue weighted by Gasteiger charge is 2.47. The van der Waals surface area contributed by atoms with Crippen LogP contribution in [0.2, 0.25) is 18.1 Å². The molecule has 2 atom stereocenters. The van der Waals surface area contributed by atoms with Crippen LogP contribution in [0.3, 0.4) is 0 Å². The summed E-state index contributed by atoms with van der Waals surface area (Å²) in [6.07, 6.45) is 0.792. The van der Waals surface area contributed by atoms with E-state index in [1.54, 1.807) is 16.8 Å². The molecule has 0 aliphatic carbocycles. The van der Waals surface area contributed by atoms with Crippen molar-refractivity contribution in [3.63, 3.8) is 0 Å². The summed E-state index contributed by atoms with van der Waals surface area (Å²) < 4.78 is 14.9. The first-order chi connectivity index (χ1) is 20.0. The average molecular weight is 583 g/mol. The molecular formula is C34H42N4O3Si. The topological polar surface area (TPSA) is 82.6 Å². The summed E-state index contributed by atoms with van der Waals surface area (Å²) in [6, 6.07) is 33.4. The van der Waals surface area contributed by atoms with Gasteiger partial charge in [0, 0.05) is 19.3 Å². The smallest absolute Gasteiger partial charge is 0.351 e. The lowest BCUT2D eigenvalue weighted by molar-refractivity contribution is -0.149. The minimum absolute atomic E-state index is 0.0560. The molecule has 0 spiro atoms. The molecule has 1 aliphatic heterocycles. The number of nitrogens with zero attached hydrogens (tertiary/aromatic N) is 3. The van der Waals surface area contributed by atoms with Crippen LogP contribution in [0.5, 0.6) is 0 Å². The molecule has 220 valence electrons. The van der Waals surface area contributed by atoms with E-state index < -0.39 is 25.8 Å². The van der Waals surface area contributed by atoms with Crippen LogP contribution in [-0.2, 0) is 14.7 Å². The van der Waals surface area contributed by atoms with Crippen LogP contribution in [0.15, 0.2) is 108 Å². The van der Waals surface area contributed by atoms with Crippen LogP contribution in [0.25, 0.3) is 0 Å². The first-order valence-corrected chi connectivity index (χ1v) is 17.5. The molecule has 1 aromatic heterocycles. The number of nitrogen functional groups attached to an aromatic ring is 1. The molecular weight excluding hydrogens is 540 g/mol. The van der Waals surface area contributed by atoms with Gasteiger partial charge in [0.05, 0.1) is 18.2 Å². The minimum Gasteiger partial charge on any atom is -0.414 e. The van der Waals surface area contributed by atoms with Crippen molar-refractivity contribution in [3.05, 3.63) is 130 Å². The van der Waals surface area contributed by atoms with E-state index in [1.165, 1.54) is 0 Å². The van der Waals surface area contributed by atoms with Crippen molar-refractivity contribution in [2.45, 2.75) is 56.8 Å².